The number of phenols is 1. The monoisotopic (exact) mass is 190 g/mol. The number of carbonyl (C=O) groups is 1. The van der Waals surface area contributed by atoms with E-state index in [1.165, 1.54) is 0 Å². The first-order valence-corrected chi connectivity index (χ1v) is 4.96. The van der Waals surface area contributed by atoms with Crippen LogP contribution in [-0.4, -0.2) is 10.9 Å². The van der Waals surface area contributed by atoms with Gasteiger partial charge < -0.3 is 5.11 Å². The largest absolute Gasteiger partial charge is 0.508 e. The van der Waals surface area contributed by atoms with Crippen LogP contribution in [0, 0.1) is 12.8 Å². The van der Waals surface area contributed by atoms with Gasteiger partial charge in [-0.15, -0.1) is 0 Å². The first-order chi connectivity index (χ1) is 6.59. The van der Waals surface area contributed by atoms with Gasteiger partial charge in [0.25, 0.3) is 0 Å². The summed E-state index contributed by atoms with van der Waals surface area (Å²) in [6.07, 6.45) is 1.88. The normalized spacial score (nSPS) is 20.7. The fourth-order valence-corrected chi connectivity index (χ4v) is 2.11. The van der Waals surface area contributed by atoms with Gasteiger partial charge in [0.1, 0.15) is 5.75 Å². The van der Waals surface area contributed by atoms with Gasteiger partial charge in [-0.25, -0.2) is 0 Å². The number of aromatic hydroxyl groups is 1. The van der Waals surface area contributed by atoms with Gasteiger partial charge in [0.15, 0.2) is 5.78 Å². The molecule has 1 aliphatic carbocycles. The molecule has 0 aliphatic heterocycles. The van der Waals surface area contributed by atoms with E-state index >= 15 is 0 Å². The first-order valence-electron chi connectivity index (χ1n) is 4.96. The molecule has 0 bridgehead atoms. The summed E-state index contributed by atoms with van der Waals surface area (Å²) in [5.74, 6) is 0.470. The highest BCUT2D eigenvalue weighted by Gasteiger charge is 2.25. The summed E-state index contributed by atoms with van der Waals surface area (Å²) >= 11 is 0. The summed E-state index contributed by atoms with van der Waals surface area (Å²) in [7, 11) is 0. The Morgan fingerprint density at radius 2 is 2.14 bits per heavy atom. The van der Waals surface area contributed by atoms with E-state index in [9.17, 15) is 9.90 Å². The fourth-order valence-electron chi connectivity index (χ4n) is 2.11. The van der Waals surface area contributed by atoms with Crippen LogP contribution < -0.4 is 0 Å². The highest BCUT2D eigenvalue weighted by Crippen LogP contribution is 2.30. The third-order valence-corrected chi connectivity index (χ3v) is 3.00. The zero-order valence-corrected chi connectivity index (χ0v) is 8.50. The van der Waals surface area contributed by atoms with Crippen LogP contribution in [0.25, 0.3) is 0 Å². The van der Waals surface area contributed by atoms with Crippen LogP contribution in [0.5, 0.6) is 5.75 Å². The van der Waals surface area contributed by atoms with Crippen LogP contribution in [0.4, 0.5) is 0 Å². The zero-order chi connectivity index (χ0) is 10.3. The fraction of sp³-hybridized carbons (Fsp3) is 0.417. The number of fused-ring (bicyclic) bond motifs is 1. The lowest BCUT2D eigenvalue weighted by molar-refractivity contribution is 0.0913. The van der Waals surface area contributed by atoms with Gasteiger partial charge in [-0.1, -0.05) is 6.92 Å². The van der Waals surface area contributed by atoms with Crippen molar-refractivity contribution in [3.05, 3.63) is 28.8 Å². The molecule has 0 saturated carbocycles. The molecule has 0 amide bonds. The minimum Gasteiger partial charge on any atom is -0.508 e. The van der Waals surface area contributed by atoms with Gasteiger partial charge in [-0.3, -0.25) is 4.79 Å². The van der Waals surface area contributed by atoms with Crippen LogP contribution in [0.3, 0.4) is 0 Å². The third-order valence-electron chi connectivity index (χ3n) is 3.00. The van der Waals surface area contributed by atoms with E-state index < -0.39 is 0 Å². The van der Waals surface area contributed by atoms with Gasteiger partial charge in [-0.2, -0.15) is 0 Å². The number of hydrogen-bond acceptors (Lipinski definition) is 2. The first kappa shape index (κ1) is 9.25. The molecule has 0 saturated heterocycles. The van der Waals surface area contributed by atoms with Crippen molar-refractivity contribution in [2.75, 3.05) is 0 Å². The topological polar surface area (TPSA) is 37.3 Å². The Morgan fingerprint density at radius 1 is 1.43 bits per heavy atom. The predicted octanol–water partition coefficient (Wildman–Crippen LogP) is 2.47. The van der Waals surface area contributed by atoms with Crippen molar-refractivity contribution in [2.45, 2.75) is 26.7 Å². The molecule has 1 N–H and O–H groups in total. The molecule has 0 fully saturated rings. The Balaban J connectivity index is 2.60. The van der Waals surface area contributed by atoms with E-state index in [-0.39, 0.29) is 17.5 Å². The summed E-state index contributed by atoms with van der Waals surface area (Å²) in [6.45, 7) is 3.90. The molecular formula is C12H14O2. The van der Waals surface area contributed by atoms with Crippen molar-refractivity contribution in [2.24, 2.45) is 5.92 Å². The summed E-state index contributed by atoms with van der Waals surface area (Å²) in [5.41, 5.74) is 2.87. The molecule has 2 heteroatoms. The SMILES string of the molecule is Cc1cc(O)cc2c1CCC(C)C2=O. The Labute approximate surface area is 83.6 Å². The summed E-state index contributed by atoms with van der Waals surface area (Å²) in [4.78, 5) is 11.8. The number of phenolic OH excluding ortho intramolecular Hbond substituents is 1. The van der Waals surface area contributed by atoms with E-state index in [0.29, 0.717) is 0 Å². The maximum atomic E-state index is 11.8. The predicted molar refractivity (Wildman–Crippen MR) is 54.7 cm³/mol. The maximum Gasteiger partial charge on any atom is 0.166 e. The van der Waals surface area contributed by atoms with Crippen LogP contribution in [0.15, 0.2) is 12.1 Å². The summed E-state index contributed by atoms with van der Waals surface area (Å²) < 4.78 is 0. The van der Waals surface area contributed by atoms with E-state index in [2.05, 4.69) is 0 Å². The second-order valence-corrected chi connectivity index (χ2v) is 4.09. The van der Waals surface area contributed by atoms with Crippen LogP contribution >= 0.6 is 0 Å². The second-order valence-electron chi connectivity index (χ2n) is 4.09. The number of rotatable bonds is 0. The average Bonchev–Trinajstić information content (AvgIpc) is 2.12. The molecular weight excluding hydrogens is 176 g/mol. The van der Waals surface area contributed by atoms with E-state index in [1.807, 2.05) is 13.8 Å². The van der Waals surface area contributed by atoms with Crippen molar-refractivity contribution in [3.63, 3.8) is 0 Å². The molecule has 74 valence electrons. The zero-order valence-electron chi connectivity index (χ0n) is 8.50. The molecule has 0 heterocycles. The Kier molecular flexibility index (Phi) is 2.06. The maximum absolute atomic E-state index is 11.8. The van der Waals surface area contributed by atoms with Gasteiger partial charge in [0, 0.05) is 11.5 Å². The second kappa shape index (κ2) is 3.12. The summed E-state index contributed by atoms with van der Waals surface area (Å²) in [6, 6.07) is 3.32. The number of hydrogen-bond donors (Lipinski definition) is 1. The summed E-state index contributed by atoms with van der Waals surface area (Å²) in [5, 5.41) is 9.42. The molecule has 1 aromatic carbocycles. The molecule has 1 unspecified atom stereocenters. The van der Waals surface area contributed by atoms with Crippen LogP contribution in [-0.2, 0) is 6.42 Å². The van der Waals surface area contributed by atoms with E-state index in [4.69, 9.17) is 0 Å². The minimum atomic E-state index is 0.101. The number of Topliss-reactive ketones (excluding diaryl/α,β-unsaturated/α-hetero) is 1. The highest BCUT2D eigenvalue weighted by molar-refractivity contribution is 6.00. The van der Waals surface area contributed by atoms with Crippen molar-refractivity contribution < 1.29 is 9.90 Å². The number of aryl methyl sites for hydroxylation is 1. The lowest BCUT2D eigenvalue weighted by Crippen LogP contribution is -2.20. The van der Waals surface area contributed by atoms with Gasteiger partial charge in [-0.05, 0) is 43.0 Å². The molecule has 0 radical (unpaired) electrons. The number of carbonyl (C=O) groups excluding carboxylic acids is 1. The van der Waals surface area contributed by atoms with Crippen molar-refractivity contribution in [1.82, 2.24) is 0 Å². The highest BCUT2D eigenvalue weighted by atomic mass is 16.3. The third kappa shape index (κ3) is 1.31. The lowest BCUT2D eigenvalue weighted by atomic mass is 9.82. The van der Waals surface area contributed by atoms with Crippen molar-refractivity contribution >= 4 is 5.78 Å². The van der Waals surface area contributed by atoms with Gasteiger partial charge >= 0.3 is 0 Å². The standard InChI is InChI=1S/C12H14O2/c1-7-3-4-10-8(2)5-9(13)6-11(10)12(7)14/h5-7,13H,3-4H2,1-2H3. The number of benzene rings is 1. The minimum absolute atomic E-state index is 0.101. The van der Waals surface area contributed by atoms with E-state index in [0.717, 1.165) is 29.5 Å². The molecule has 2 rings (SSSR count). The van der Waals surface area contributed by atoms with E-state index in [1.54, 1.807) is 12.1 Å². The van der Waals surface area contributed by atoms with Crippen molar-refractivity contribution in [3.8, 4) is 5.75 Å². The average molecular weight is 190 g/mol. The Morgan fingerprint density at radius 3 is 2.86 bits per heavy atom. The van der Waals surface area contributed by atoms with Crippen molar-refractivity contribution in [1.29, 1.82) is 0 Å². The molecule has 1 aliphatic rings. The molecule has 1 atom stereocenters. The smallest absolute Gasteiger partial charge is 0.166 e. The van der Waals surface area contributed by atoms with Gasteiger partial charge in [0.05, 0.1) is 0 Å². The molecule has 14 heavy (non-hydrogen) atoms. The Bertz CT molecular complexity index is 394. The molecule has 0 spiro atoms. The quantitative estimate of drug-likeness (QED) is 0.682. The molecule has 1 aromatic rings. The molecule has 0 aromatic heterocycles. The molecule has 2 nitrogen and oxygen atoms in total. The van der Waals surface area contributed by atoms with Crippen LogP contribution in [0.1, 0.15) is 34.8 Å². The van der Waals surface area contributed by atoms with Gasteiger partial charge in [0.2, 0.25) is 0 Å². The number of ketones is 1. The lowest BCUT2D eigenvalue weighted by Gasteiger charge is -2.21. The van der Waals surface area contributed by atoms with Crippen LogP contribution in [0.2, 0.25) is 0 Å². The Hall–Kier alpha value is -1.31.